The Morgan fingerprint density at radius 1 is 1.25 bits per heavy atom. The van der Waals surface area contributed by atoms with Gasteiger partial charge in [-0.3, -0.25) is 4.79 Å². The highest BCUT2D eigenvalue weighted by molar-refractivity contribution is 9.10. The van der Waals surface area contributed by atoms with Crippen molar-refractivity contribution in [1.82, 2.24) is 0 Å². The summed E-state index contributed by atoms with van der Waals surface area (Å²) in [7, 11) is 1.53. The molecule has 5 heteroatoms. The predicted molar refractivity (Wildman–Crippen MR) is 84.8 cm³/mol. The number of carbonyl (C=O) groups excluding carboxylic acids is 1. The van der Waals surface area contributed by atoms with E-state index in [1.54, 1.807) is 24.3 Å². The Morgan fingerprint density at radius 3 is 2.65 bits per heavy atom. The lowest BCUT2D eigenvalue weighted by Crippen LogP contribution is -2.12. The molecule has 1 N–H and O–H groups in total. The zero-order valence-corrected chi connectivity index (χ0v) is 13.4. The number of amides is 1. The van der Waals surface area contributed by atoms with Gasteiger partial charge >= 0.3 is 0 Å². The SMILES string of the molecule is COc1cc(NC(=O)c2ccc(Br)c(C)c2)ccc1Cl. The highest BCUT2D eigenvalue weighted by atomic mass is 79.9. The van der Waals surface area contributed by atoms with Crippen LogP contribution in [0.5, 0.6) is 5.75 Å². The van der Waals surface area contributed by atoms with Crippen LogP contribution in [0.4, 0.5) is 5.69 Å². The predicted octanol–water partition coefficient (Wildman–Crippen LogP) is 4.67. The molecule has 3 nitrogen and oxygen atoms in total. The van der Waals surface area contributed by atoms with Gasteiger partial charge in [-0.1, -0.05) is 27.5 Å². The molecule has 0 spiro atoms. The van der Waals surface area contributed by atoms with Crippen LogP contribution in [0.25, 0.3) is 0 Å². The normalized spacial score (nSPS) is 10.2. The van der Waals surface area contributed by atoms with Gasteiger partial charge in [-0.15, -0.1) is 0 Å². The summed E-state index contributed by atoms with van der Waals surface area (Å²) in [5, 5.41) is 3.32. The first-order valence-electron chi connectivity index (χ1n) is 5.92. The van der Waals surface area contributed by atoms with E-state index in [9.17, 15) is 4.79 Å². The number of ether oxygens (including phenoxy) is 1. The Kier molecular flexibility index (Phi) is 4.68. The van der Waals surface area contributed by atoms with Crippen molar-refractivity contribution in [3.05, 3.63) is 57.0 Å². The molecular formula is C15H13BrClNO2. The number of benzene rings is 2. The first-order valence-corrected chi connectivity index (χ1v) is 7.09. The molecule has 0 aliphatic heterocycles. The van der Waals surface area contributed by atoms with Crippen LogP contribution in [0, 0.1) is 6.92 Å². The van der Waals surface area contributed by atoms with Crippen molar-refractivity contribution >= 4 is 39.1 Å². The average molecular weight is 355 g/mol. The third kappa shape index (κ3) is 3.32. The van der Waals surface area contributed by atoms with Crippen LogP contribution in [0.15, 0.2) is 40.9 Å². The summed E-state index contributed by atoms with van der Waals surface area (Å²) in [5.41, 5.74) is 2.24. The van der Waals surface area contributed by atoms with Crippen LogP contribution in [0.1, 0.15) is 15.9 Å². The number of nitrogens with one attached hydrogen (secondary N) is 1. The Hall–Kier alpha value is -1.52. The van der Waals surface area contributed by atoms with Gasteiger partial charge in [0.25, 0.3) is 5.91 Å². The molecule has 2 aromatic rings. The fourth-order valence-corrected chi connectivity index (χ4v) is 2.17. The number of methoxy groups -OCH3 is 1. The molecule has 0 saturated heterocycles. The Bertz CT molecular complexity index is 658. The van der Waals surface area contributed by atoms with Gasteiger partial charge in [0.05, 0.1) is 12.1 Å². The second kappa shape index (κ2) is 6.29. The fourth-order valence-electron chi connectivity index (χ4n) is 1.73. The van der Waals surface area contributed by atoms with E-state index in [4.69, 9.17) is 16.3 Å². The lowest BCUT2D eigenvalue weighted by atomic mass is 10.1. The Balaban J connectivity index is 2.21. The maximum Gasteiger partial charge on any atom is 0.255 e. The molecule has 0 radical (unpaired) electrons. The number of halogens is 2. The minimum atomic E-state index is -0.176. The third-order valence-electron chi connectivity index (χ3n) is 2.83. The van der Waals surface area contributed by atoms with Crippen molar-refractivity contribution in [2.75, 3.05) is 12.4 Å². The summed E-state index contributed by atoms with van der Waals surface area (Å²) < 4.78 is 6.09. The van der Waals surface area contributed by atoms with Gasteiger partial charge in [0.2, 0.25) is 0 Å². The van der Waals surface area contributed by atoms with Gasteiger partial charge in [0, 0.05) is 21.8 Å². The summed E-state index contributed by atoms with van der Waals surface area (Å²) in [6.45, 7) is 1.94. The maximum atomic E-state index is 12.2. The molecule has 20 heavy (non-hydrogen) atoms. The smallest absolute Gasteiger partial charge is 0.255 e. The molecule has 0 aliphatic rings. The zero-order chi connectivity index (χ0) is 14.7. The van der Waals surface area contributed by atoms with Crippen LogP contribution in [-0.4, -0.2) is 13.0 Å². The first kappa shape index (κ1) is 14.9. The number of hydrogen-bond donors (Lipinski definition) is 1. The first-order chi connectivity index (χ1) is 9.51. The van der Waals surface area contributed by atoms with Gasteiger partial charge in [-0.05, 0) is 42.8 Å². The highest BCUT2D eigenvalue weighted by Gasteiger charge is 2.09. The van der Waals surface area contributed by atoms with E-state index in [0.29, 0.717) is 22.0 Å². The van der Waals surface area contributed by atoms with E-state index in [1.165, 1.54) is 7.11 Å². The lowest BCUT2D eigenvalue weighted by molar-refractivity contribution is 0.102. The second-order valence-corrected chi connectivity index (χ2v) is 5.53. The minimum absolute atomic E-state index is 0.176. The molecule has 0 fully saturated rings. The summed E-state index contributed by atoms with van der Waals surface area (Å²) in [6, 6.07) is 10.5. The zero-order valence-electron chi connectivity index (χ0n) is 11.0. The molecule has 0 saturated carbocycles. The van der Waals surface area contributed by atoms with Crippen molar-refractivity contribution in [1.29, 1.82) is 0 Å². The maximum absolute atomic E-state index is 12.2. The molecule has 1 amide bonds. The fraction of sp³-hybridized carbons (Fsp3) is 0.133. The van der Waals surface area contributed by atoms with E-state index in [1.807, 2.05) is 19.1 Å². The van der Waals surface area contributed by atoms with Crippen LogP contribution in [-0.2, 0) is 0 Å². The van der Waals surface area contributed by atoms with E-state index in [2.05, 4.69) is 21.2 Å². The summed E-state index contributed by atoms with van der Waals surface area (Å²) in [5.74, 6) is 0.349. The largest absolute Gasteiger partial charge is 0.495 e. The number of hydrogen-bond acceptors (Lipinski definition) is 2. The molecule has 0 atom stereocenters. The molecule has 2 rings (SSSR count). The number of rotatable bonds is 3. The van der Waals surface area contributed by atoms with E-state index < -0.39 is 0 Å². The minimum Gasteiger partial charge on any atom is -0.495 e. The van der Waals surface area contributed by atoms with Gasteiger partial charge in [0.15, 0.2) is 0 Å². The van der Waals surface area contributed by atoms with Crippen molar-refractivity contribution in [3.8, 4) is 5.75 Å². The molecular weight excluding hydrogens is 342 g/mol. The molecule has 0 aromatic heterocycles. The van der Waals surface area contributed by atoms with E-state index >= 15 is 0 Å². The second-order valence-electron chi connectivity index (χ2n) is 4.27. The Morgan fingerprint density at radius 2 is 2.00 bits per heavy atom. The van der Waals surface area contributed by atoms with Crippen molar-refractivity contribution in [3.63, 3.8) is 0 Å². The average Bonchev–Trinajstić information content (AvgIpc) is 2.43. The van der Waals surface area contributed by atoms with Gasteiger partial charge < -0.3 is 10.1 Å². The highest BCUT2D eigenvalue weighted by Crippen LogP contribution is 2.27. The van der Waals surface area contributed by atoms with Crippen LogP contribution in [0.3, 0.4) is 0 Å². The molecule has 0 unspecified atom stereocenters. The Labute approximate surface area is 131 Å². The monoisotopic (exact) mass is 353 g/mol. The van der Waals surface area contributed by atoms with Crippen molar-refractivity contribution in [2.24, 2.45) is 0 Å². The van der Waals surface area contributed by atoms with Crippen molar-refractivity contribution < 1.29 is 9.53 Å². The van der Waals surface area contributed by atoms with Gasteiger partial charge in [0.1, 0.15) is 5.75 Å². The molecule has 2 aromatic carbocycles. The van der Waals surface area contributed by atoms with Crippen LogP contribution < -0.4 is 10.1 Å². The summed E-state index contributed by atoms with van der Waals surface area (Å²) >= 11 is 9.35. The van der Waals surface area contributed by atoms with Crippen LogP contribution in [0.2, 0.25) is 5.02 Å². The number of anilines is 1. The summed E-state index contributed by atoms with van der Waals surface area (Å²) in [6.07, 6.45) is 0. The van der Waals surface area contributed by atoms with Crippen LogP contribution >= 0.6 is 27.5 Å². The molecule has 104 valence electrons. The van der Waals surface area contributed by atoms with E-state index in [-0.39, 0.29) is 5.91 Å². The topological polar surface area (TPSA) is 38.3 Å². The number of carbonyl (C=O) groups is 1. The lowest BCUT2D eigenvalue weighted by Gasteiger charge is -2.09. The molecule has 0 heterocycles. The van der Waals surface area contributed by atoms with E-state index in [0.717, 1.165) is 10.0 Å². The molecule has 0 aliphatic carbocycles. The quantitative estimate of drug-likeness (QED) is 0.869. The summed E-state index contributed by atoms with van der Waals surface area (Å²) in [4.78, 5) is 12.2. The van der Waals surface area contributed by atoms with Gasteiger partial charge in [-0.2, -0.15) is 0 Å². The van der Waals surface area contributed by atoms with Crippen molar-refractivity contribution in [2.45, 2.75) is 6.92 Å². The standard InChI is InChI=1S/C15H13BrClNO2/c1-9-7-10(3-5-12(9)16)15(19)18-11-4-6-13(17)14(8-11)20-2/h3-8H,1-2H3,(H,18,19). The molecule has 0 bridgehead atoms. The van der Waals surface area contributed by atoms with Gasteiger partial charge in [-0.25, -0.2) is 0 Å². The number of aryl methyl sites for hydroxylation is 1. The third-order valence-corrected chi connectivity index (χ3v) is 4.03.